The number of aromatic nitrogens is 2. The van der Waals surface area contributed by atoms with Crippen LogP contribution in [-0.2, 0) is 13.2 Å². The number of nitrogens with zero attached hydrogens (tertiary/aromatic N) is 1. The van der Waals surface area contributed by atoms with Crippen molar-refractivity contribution in [2.45, 2.75) is 13.2 Å². The molecule has 5 nitrogen and oxygen atoms in total. The molecule has 0 radical (unpaired) electrons. The Labute approximate surface area is 157 Å². The summed E-state index contributed by atoms with van der Waals surface area (Å²) in [6.45, 7) is 0.912. The van der Waals surface area contributed by atoms with E-state index < -0.39 is 0 Å². The molecule has 0 aliphatic carbocycles. The van der Waals surface area contributed by atoms with Crippen molar-refractivity contribution in [2.75, 3.05) is 0 Å². The zero-order valence-corrected chi connectivity index (χ0v) is 14.7. The van der Waals surface area contributed by atoms with Crippen LogP contribution in [0.25, 0.3) is 10.9 Å². The van der Waals surface area contributed by atoms with Gasteiger partial charge < -0.3 is 10.1 Å². The molecule has 4 aromatic rings. The van der Waals surface area contributed by atoms with E-state index in [1.807, 2.05) is 78.9 Å². The first-order valence-electron chi connectivity index (χ1n) is 8.76. The molecule has 27 heavy (non-hydrogen) atoms. The van der Waals surface area contributed by atoms with Gasteiger partial charge in [0.05, 0.1) is 5.52 Å². The number of hydrogen-bond acceptors (Lipinski definition) is 3. The van der Waals surface area contributed by atoms with E-state index in [1.54, 1.807) is 0 Å². The van der Waals surface area contributed by atoms with Gasteiger partial charge in [-0.1, -0.05) is 60.7 Å². The second-order valence-corrected chi connectivity index (χ2v) is 6.22. The Morgan fingerprint density at radius 1 is 0.926 bits per heavy atom. The third-order valence-corrected chi connectivity index (χ3v) is 4.28. The second kappa shape index (κ2) is 7.74. The molecule has 0 atom stereocenters. The maximum Gasteiger partial charge on any atom is 0.272 e. The molecule has 0 fully saturated rings. The minimum Gasteiger partial charge on any atom is -0.489 e. The summed E-state index contributed by atoms with van der Waals surface area (Å²) in [4.78, 5) is 12.5. The smallest absolute Gasteiger partial charge is 0.272 e. The molecule has 1 amide bonds. The summed E-state index contributed by atoms with van der Waals surface area (Å²) in [6, 6.07) is 25.3. The Balaban J connectivity index is 1.39. The number of fused-ring (bicyclic) bond motifs is 1. The van der Waals surface area contributed by atoms with E-state index >= 15 is 0 Å². The average Bonchev–Trinajstić information content (AvgIpc) is 3.16. The zero-order chi connectivity index (χ0) is 18.5. The van der Waals surface area contributed by atoms with Crippen LogP contribution in [0.4, 0.5) is 0 Å². The van der Waals surface area contributed by atoms with Gasteiger partial charge in [-0.05, 0) is 29.3 Å². The molecular formula is C22H19N3O2. The molecule has 0 saturated heterocycles. The Hall–Kier alpha value is -3.60. The quantitative estimate of drug-likeness (QED) is 0.547. The van der Waals surface area contributed by atoms with E-state index in [1.165, 1.54) is 0 Å². The molecule has 0 bridgehead atoms. The summed E-state index contributed by atoms with van der Waals surface area (Å²) in [6.07, 6.45) is 0. The molecule has 4 rings (SSSR count). The molecule has 0 unspecified atom stereocenters. The lowest BCUT2D eigenvalue weighted by Gasteiger charge is -2.08. The van der Waals surface area contributed by atoms with Crippen molar-refractivity contribution in [3.63, 3.8) is 0 Å². The first kappa shape index (κ1) is 16.8. The number of amides is 1. The molecule has 0 saturated carbocycles. The van der Waals surface area contributed by atoms with Gasteiger partial charge in [-0.2, -0.15) is 5.10 Å². The molecule has 3 aromatic carbocycles. The molecule has 0 spiro atoms. The van der Waals surface area contributed by atoms with Gasteiger partial charge in [-0.25, -0.2) is 0 Å². The van der Waals surface area contributed by atoms with Crippen LogP contribution >= 0.6 is 0 Å². The molecule has 0 aliphatic heterocycles. The van der Waals surface area contributed by atoms with Gasteiger partial charge >= 0.3 is 0 Å². The number of H-pyrrole nitrogens is 1. The fraction of sp³-hybridized carbons (Fsp3) is 0.0909. The van der Waals surface area contributed by atoms with Crippen molar-refractivity contribution in [1.82, 2.24) is 15.5 Å². The van der Waals surface area contributed by atoms with E-state index in [9.17, 15) is 4.79 Å². The predicted octanol–water partition coefficient (Wildman–Crippen LogP) is 4.07. The SMILES string of the molecule is O=C(NCc1cccc(COc2ccccc2)c1)c1n[nH]c2ccccc12. The number of nitrogens with one attached hydrogen (secondary N) is 2. The number of para-hydroxylation sites is 2. The van der Waals surface area contributed by atoms with E-state index in [0.717, 1.165) is 27.8 Å². The van der Waals surface area contributed by atoms with Crippen molar-refractivity contribution < 1.29 is 9.53 Å². The maximum atomic E-state index is 12.5. The van der Waals surface area contributed by atoms with Gasteiger partial charge in [0.15, 0.2) is 5.69 Å². The van der Waals surface area contributed by atoms with Crippen LogP contribution in [0, 0.1) is 0 Å². The summed E-state index contributed by atoms with van der Waals surface area (Å²) in [5.41, 5.74) is 3.32. The normalized spacial score (nSPS) is 10.7. The number of ether oxygens (including phenoxy) is 1. The number of hydrogen-bond donors (Lipinski definition) is 2. The van der Waals surface area contributed by atoms with Gasteiger partial charge in [-0.15, -0.1) is 0 Å². The van der Waals surface area contributed by atoms with Crippen LogP contribution in [0.15, 0.2) is 78.9 Å². The fourth-order valence-corrected chi connectivity index (χ4v) is 2.92. The number of carbonyl (C=O) groups excluding carboxylic acids is 1. The second-order valence-electron chi connectivity index (χ2n) is 6.22. The Bertz CT molecular complexity index is 1060. The molecule has 5 heteroatoms. The number of aromatic amines is 1. The van der Waals surface area contributed by atoms with Crippen LogP contribution in [0.2, 0.25) is 0 Å². The van der Waals surface area contributed by atoms with E-state index in [2.05, 4.69) is 15.5 Å². The number of carbonyl (C=O) groups is 1. The van der Waals surface area contributed by atoms with E-state index in [4.69, 9.17) is 4.74 Å². The third-order valence-electron chi connectivity index (χ3n) is 4.28. The molecule has 2 N–H and O–H groups in total. The number of rotatable bonds is 6. The third kappa shape index (κ3) is 3.98. The van der Waals surface area contributed by atoms with Crippen LogP contribution < -0.4 is 10.1 Å². The summed E-state index contributed by atoms with van der Waals surface area (Å²) >= 11 is 0. The lowest BCUT2D eigenvalue weighted by Crippen LogP contribution is -2.23. The molecule has 0 aliphatic rings. The monoisotopic (exact) mass is 357 g/mol. The van der Waals surface area contributed by atoms with E-state index in [0.29, 0.717) is 18.8 Å². The molecule has 1 aromatic heterocycles. The van der Waals surface area contributed by atoms with Crippen molar-refractivity contribution in [1.29, 1.82) is 0 Å². The Kier molecular flexibility index (Phi) is 4.83. The van der Waals surface area contributed by atoms with E-state index in [-0.39, 0.29) is 5.91 Å². The van der Waals surface area contributed by atoms with Crippen molar-refractivity contribution >= 4 is 16.8 Å². The first-order valence-corrected chi connectivity index (χ1v) is 8.76. The minimum absolute atomic E-state index is 0.196. The highest BCUT2D eigenvalue weighted by Crippen LogP contribution is 2.16. The van der Waals surface area contributed by atoms with Crippen LogP contribution in [0.1, 0.15) is 21.6 Å². The average molecular weight is 357 g/mol. The lowest BCUT2D eigenvalue weighted by atomic mass is 10.1. The van der Waals surface area contributed by atoms with Gasteiger partial charge in [-0.3, -0.25) is 9.89 Å². The van der Waals surface area contributed by atoms with Gasteiger partial charge in [0, 0.05) is 11.9 Å². The highest BCUT2D eigenvalue weighted by Gasteiger charge is 2.13. The van der Waals surface area contributed by atoms with Crippen LogP contribution in [0.3, 0.4) is 0 Å². The number of benzene rings is 3. The summed E-state index contributed by atoms with van der Waals surface area (Å²) < 4.78 is 5.78. The zero-order valence-electron chi connectivity index (χ0n) is 14.7. The van der Waals surface area contributed by atoms with Crippen LogP contribution in [0.5, 0.6) is 5.75 Å². The van der Waals surface area contributed by atoms with Crippen LogP contribution in [-0.4, -0.2) is 16.1 Å². The van der Waals surface area contributed by atoms with Gasteiger partial charge in [0.1, 0.15) is 12.4 Å². The topological polar surface area (TPSA) is 67.0 Å². The highest BCUT2D eigenvalue weighted by atomic mass is 16.5. The standard InChI is InChI=1S/C22H19N3O2/c26-22(21-19-11-4-5-12-20(19)24-25-21)23-14-16-7-6-8-17(13-16)15-27-18-9-2-1-3-10-18/h1-13H,14-15H2,(H,23,26)(H,24,25). The molecular weight excluding hydrogens is 338 g/mol. The highest BCUT2D eigenvalue weighted by molar-refractivity contribution is 6.04. The fourth-order valence-electron chi connectivity index (χ4n) is 2.92. The summed E-state index contributed by atoms with van der Waals surface area (Å²) in [7, 11) is 0. The molecule has 1 heterocycles. The Morgan fingerprint density at radius 2 is 1.70 bits per heavy atom. The minimum atomic E-state index is -0.196. The van der Waals surface area contributed by atoms with Gasteiger partial charge in [0.2, 0.25) is 0 Å². The first-order chi connectivity index (χ1) is 13.3. The summed E-state index contributed by atoms with van der Waals surface area (Å²) in [5, 5.41) is 10.8. The van der Waals surface area contributed by atoms with Gasteiger partial charge in [0.25, 0.3) is 5.91 Å². The lowest BCUT2D eigenvalue weighted by molar-refractivity contribution is 0.0947. The Morgan fingerprint density at radius 3 is 2.59 bits per heavy atom. The predicted molar refractivity (Wildman–Crippen MR) is 104 cm³/mol. The maximum absolute atomic E-state index is 12.5. The van der Waals surface area contributed by atoms with Crippen molar-refractivity contribution in [3.05, 3.63) is 95.7 Å². The summed E-state index contributed by atoms with van der Waals surface area (Å²) in [5.74, 6) is 0.639. The largest absolute Gasteiger partial charge is 0.489 e. The van der Waals surface area contributed by atoms with Crippen molar-refractivity contribution in [2.24, 2.45) is 0 Å². The molecule has 134 valence electrons. The van der Waals surface area contributed by atoms with Crippen molar-refractivity contribution in [3.8, 4) is 5.75 Å².